The van der Waals surface area contributed by atoms with E-state index in [4.69, 9.17) is 9.52 Å². The van der Waals surface area contributed by atoms with Crippen molar-refractivity contribution in [2.75, 3.05) is 0 Å². The Morgan fingerprint density at radius 2 is 2.21 bits per heavy atom. The van der Waals surface area contributed by atoms with Crippen molar-refractivity contribution in [3.8, 4) is 6.08 Å². The van der Waals surface area contributed by atoms with Gasteiger partial charge in [-0.1, -0.05) is 24.3 Å². The molecule has 0 unspecified atom stereocenters. The molecule has 1 aromatic heterocycles. The zero-order valence-corrected chi connectivity index (χ0v) is 7.42. The SMILES string of the molecule is C=C/C=C(\C=N/C=C)c1nnc(O)o1. The molecule has 0 aliphatic heterocycles. The van der Waals surface area contributed by atoms with Crippen LogP contribution in [0.2, 0.25) is 0 Å². The van der Waals surface area contributed by atoms with Gasteiger partial charge >= 0.3 is 6.08 Å². The fourth-order valence-corrected chi connectivity index (χ4v) is 0.762. The summed E-state index contributed by atoms with van der Waals surface area (Å²) in [7, 11) is 0. The highest BCUT2D eigenvalue weighted by molar-refractivity contribution is 6.08. The molecule has 0 bridgehead atoms. The Bertz CT molecular complexity index is 391. The third-order valence-corrected chi connectivity index (χ3v) is 1.28. The van der Waals surface area contributed by atoms with E-state index in [0.29, 0.717) is 5.57 Å². The lowest BCUT2D eigenvalue weighted by molar-refractivity contribution is 0.313. The summed E-state index contributed by atoms with van der Waals surface area (Å²) < 4.78 is 4.79. The summed E-state index contributed by atoms with van der Waals surface area (Å²) in [6.07, 6.45) is 5.53. The molecule has 5 nitrogen and oxygen atoms in total. The van der Waals surface area contributed by atoms with Crippen LogP contribution in [0.4, 0.5) is 0 Å². The lowest BCUT2D eigenvalue weighted by Gasteiger charge is -1.90. The Hall–Kier alpha value is -2.17. The van der Waals surface area contributed by atoms with Crippen LogP contribution < -0.4 is 0 Å². The highest BCUT2D eigenvalue weighted by Crippen LogP contribution is 2.14. The van der Waals surface area contributed by atoms with Crippen LogP contribution in [0, 0.1) is 0 Å². The minimum Gasteiger partial charge on any atom is -0.465 e. The lowest BCUT2D eigenvalue weighted by atomic mass is 10.2. The van der Waals surface area contributed by atoms with Crippen LogP contribution in [-0.2, 0) is 0 Å². The van der Waals surface area contributed by atoms with E-state index in [9.17, 15) is 0 Å². The monoisotopic (exact) mass is 191 g/mol. The summed E-state index contributed by atoms with van der Waals surface area (Å²) in [6, 6.07) is 0. The first-order chi connectivity index (χ1) is 6.77. The van der Waals surface area contributed by atoms with Crippen LogP contribution >= 0.6 is 0 Å². The first-order valence-electron chi connectivity index (χ1n) is 3.77. The molecular weight excluding hydrogens is 182 g/mol. The Kier molecular flexibility index (Phi) is 3.37. The standard InChI is InChI=1S/C9H9N3O2/c1-3-5-7(6-10-4-2)8-11-12-9(13)14-8/h3-6H,1-2H2,(H,12,13)/b7-5+,10-6-. The third-order valence-electron chi connectivity index (χ3n) is 1.28. The zero-order chi connectivity index (χ0) is 10.4. The van der Waals surface area contributed by atoms with Gasteiger partial charge in [0.2, 0.25) is 0 Å². The Labute approximate surface area is 80.8 Å². The number of hydrogen-bond acceptors (Lipinski definition) is 5. The highest BCUT2D eigenvalue weighted by atomic mass is 16.5. The van der Waals surface area contributed by atoms with Gasteiger partial charge in [-0.25, -0.2) is 0 Å². The second-order valence-corrected chi connectivity index (χ2v) is 2.21. The predicted octanol–water partition coefficient (Wildman–Crippen LogP) is 1.56. The molecule has 0 spiro atoms. The van der Waals surface area contributed by atoms with E-state index in [1.807, 2.05) is 0 Å². The van der Waals surface area contributed by atoms with Crippen molar-refractivity contribution in [3.05, 3.63) is 37.4 Å². The number of rotatable bonds is 4. The van der Waals surface area contributed by atoms with Crippen molar-refractivity contribution in [2.45, 2.75) is 0 Å². The fraction of sp³-hybridized carbons (Fsp3) is 0. The van der Waals surface area contributed by atoms with Gasteiger partial charge in [-0.05, 0) is 6.08 Å². The Morgan fingerprint density at radius 3 is 2.71 bits per heavy atom. The highest BCUT2D eigenvalue weighted by Gasteiger charge is 2.07. The first kappa shape index (κ1) is 9.91. The normalized spacial score (nSPS) is 11.9. The number of aliphatic imine (C=N–C) groups is 1. The molecular formula is C9H9N3O2. The van der Waals surface area contributed by atoms with Gasteiger partial charge < -0.3 is 9.52 Å². The maximum absolute atomic E-state index is 8.84. The smallest absolute Gasteiger partial charge is 0.412 e. The molecule has 5 heteroatoms. The van der Waals surface area contributed by atoms with Crippen molar-refractivity contribution in [1.82, 2.24) is 10.2 Å². The van der Waals surface area contributed by atoms with Gasteiger partial charge in [-0.15, -0.1) is 5.10 Å². The maximum Gasteiger partial charge on any atom is 0.412 e. The van der Waals surface area contributed by atoms with Gasteiger partial charge in [0.15, 0.2) is 0 Å². The van der Waals surface area contributed by atoms with Gasteiger partial charge in [-0.2, -0.15) is 0 Å². The van der Waals surface area contributed by atoms with Crippen LogP contribution in [-0.4, -0.2) is 21.5 Å². The average molecular weight is 191 g/mol. The molecule has 1 heterocycles. The summed E-state index contributed by atoms with van der Waals surface area (Å²) in [5, 5.41) is 15.7. The van der Waals surface area contributed by atoms with Crippen LogP contribution in [0.5, 0.6) is 6.08 Å². The molecule has 14 heavy (non-hydrogen) atoms. The summed E-state index contributed by atoms with van der Waals surface area (Å²) in [4.78, 5) is 3.79. The fourth-order valence-electron chi connectivity index (χ4n) is 0.762. The molecule has 0 aliphatic rings. The summed E-state index contributed by atoms with van der Waals surface area (Å²) in [6.45, 7) is 6.95. The van der Waals surface area contributed by atoms with E-state index >= 15 is 0 Å². The Morgan fingerprint density at radius 1 is 1.43 bits per heavy atom. The molecule has 72 valence electrons. The minimum atomic E-state index is -0.484. The van der Waals surface area contributed by atoms with Gasteiger partial charge in [0.05, 0.1) is 5.57 Å². The zero-order valence-electron chi connectivity index (χ0n) is 7.42. The quantitative estimate of drug-likeness (QED) is 0.579. The second kappa shape index (κ2) is 4.76. The average Bonchev–Trinajstić information content (AvgIpc) is 2.59. The van der Waals surface area contributed by atoms with Gasteiger partial charge in [0.25, 0.3) is 5.89 Å². The van der Waals surface area contributed by atoms with Crippen LogP contribution in [0.3, 0.4) is 0 Å². The number of nitrogens with zero attached hydrogens (tertiary/aromatic N) is 3. The van der Waals surface area contributed by atoms with E-state index in [1.165, 1.54) is 12.4 Å². The molecule has 1 N–H and O–H groups in total. The first-order valence-corrected chi connectivity index (χ1v) is 3.77. The Balaban J connectivity index is 3.00. The lowest BCUT2D eigenvalue weighted by Crippen LogP contribution is -1.85. The number of hydrogen-bond donors (Lipinski definition) is 1. The van der Waals surface area contributed by atoms with Crippen molar-refractivity contribution < 1.29 is 9.52 Å². The van der Waals surface area contributed by atoms with Crippen LogP contribution in [0.1, 0.15) is 5.89 Å². The molecule has 1 rings (SSSR count). The van der Waals surface area contributed by atoms with E-state index in [-0.39, 0.29) is 5.89 Å². The van der Waals surface area contributed by atoms with Gasteiger partial charge in [0, 0.05) is 12.4 Å². The van der Waals surface area contributed by atoms with E-state index in [0.717, 1.165) is 0 Å². The predicted molar refractivity (Wildman–Crippen MR) is 52.8 cm³/mol. The molecule has 0 saturated heterocycles. The molecule has 0 atom stereocenters. The largest absolute Gasteiger partial charge is 0.465 e. The summed E-state index contributed by atoms with van der Waals surface area (Å²) in [5.74, 6) is 0.174. The summed E-state index contributed by atoms with van der Waals surface area (Å²) >= 11 is 0. The van der Waals surface area contributed by atoms with Crippen molar-refractivity contribution in [2.24, 2.45) is 4.99 Å². The molecule has 0 aromatic carbocycles. The molecule has 0 fully saturated rings. The maximum atomic E-state index is 8.84. The van der Waals surface area contributed by atoms with E-state index in [2.05, 4.69) is 28.3 Å². The molecule has 1 aromatic rings. The number of aromatic hydroxyl groups is 1. The molecule has 0 amide bonds. The van der Waals surface area contributed by atoms with Gasteiger partial charge in [0.1, 0.15) is 0 Å². The van der Waals surface area contributed by atoms with Gasteiger partial charge in [-0.3, -0.25) is 4.99 Å². The van der Waals surface area contributed by atoms with Crippen LogP contribution in [0.25, 0.3) is 5.57 Å². The van der Waals surface area contributed by atoms with Crippen LogP contribution in [0.15, 0.2) is 40.9 Å². The van der Waals surface area contributed by atoms with Crippen molar-refractivity contribution in [3.63, 3.8) is 0 Å². The number of aromatic nitrogens is 2. The van der Waals surface area contributed by atoms with E-state index in [1.54, 1.807) is 12.2 Å². The second-order valence-electron chi connectivity index (χ2n) is 2.21. The third kappa shape index (κ3) is 2.41. The minimum absolute atomic E-state index is 0.174. The molecule has 0 aliphatic carbocycles. The number of allylic oxidation sites excluding steroid dienone is 3. The summed E-state index contributed by atoms with van der Waals surface area (Å²) in [5.41, 5.74) is 0.549. The topological polar surface area (TPSA) is 71.5 Å². The molecule has 0 radical (unpaired) electrons. The van der Waals surface area contributed by atoms with E-state index < -0.39 is 6.08 Å². The van der Waals surface area contributed by atoms with Crippen molar-refractivity contribution >= 4 is 11.8 Å². The van der Waals surface area contributed by atoms with Crippen molar-refractivity contribution in [1.29, 1.82) is 0 Å². The molecule has 0 saturated carbocycles.